The van der Waals surface area contributed by atoms with Crippen LogP contribution in [0.1, 0.15) is 63.1 Å². The highest BCUT2D eigenvalue weighted by Crippen LogP contribution is 2.29. The molecule has 0 amide bonds. The summed E-state index contributed by atoms with van der Waals surface area (Å²) in [6, 6.07) is 2.28. The summed E-state index contributed by atoms with van der Waals surface area (Å²) in [6.07, 6.45) is 4.82. The third kappa shape index (κ3) is 3.83. The molecule has 1 rings (SSSR count). The fourth-order valence-corrected chi connectivity index (χ4v) is 2.86. The van der Waals surface area contributed by atoms with E-state index >= 15 is 0 Å². The van der Waals surface area contributed by atoms with Crippen LogP contribution in [0.3, 0.4) is 0 Å². The van der Waals surface area contributed by atoms with E-state index in [9.17, 15) is 0 Å². The minimum Gasteiger partial charge on any atom is -0.258 e. The second-order valence-electron chi connectivity index (χ2n) is 5.93. The van der Waals surface area contributed by atoms with Gasteiger partial charge in [-0.15, -0.1) is 0 Å². The quantitative estimate of drug-likeness (QED) is 0.722. The van der Waals surface area contributed by atoms with Gasteiger partial charge in [-0.3, -0.25) is 4.98 Å². The molecule has 0 bridgehead atoms. The highest BCUT2D eigenvalue weighted by molar-refractivity contribution is 5.32. The molecule has 0 radical (unpaired) electrons. The van der Waals surface area contributed by atoms with Gasteiger partial charge in [0, 0.05) is 11.4 Å². The SMILES string of the molecule is CCCC(C)(C)Cc1cc(C)nc(C)c1CC. The number of aryl methyl sites for hydroxylation is 2. The first-order valence-electron chi connectivity index (χ1n) is 6.85. The Hall–Kier alpha value is -0.850. The first-order valence-corrected chi connectivity index (χ1v) is 6.85. The molecule has 0 atom stereocenters. The molecule has 0 aliphatic rings. The summed E-state index contributed by atoms with van der Waals surface area (Å²) in [5.74, 6) is 0. The number of aromatic nitrogens is 1. The van der Waals surface area contributed by atoms with E-state index in [1.54, 1.807) is 0 Å². The molecule has 0 aromatic carbocycles. The van der Waals surface area contributed by atoms with E-state index in [0.29, 0.717) is 5.41 Å². The van der Waals surface area contributed by atoms with Crippen LogP contribution in [0.15, 0.2) is 6.07 Å². The standard InChI is InChI=1S/C16H27N/c1-7-9-16(5,6)11-14-10-12(3)17-13(4)15(14)8-2/h10H,7-9,11H2,1-6H3. The second kappa shape index (κ2) is 5.66. The summed E-state index contributed by atoms with van der Waals surface area (Å²) < 4.78 is 0. The predicted octanol–water partition coefficient (Wildman–Crippen LogP) is 4.63. The van der Waals surface area contributed by atoms with Gasteiger partial charge >= 0.3 is 0 Å². The van der Waals surface area contributed by atoms with E-state index in [0.717, 1.165) is 12.1 Å². The van der Waals surface area contributed by atoms with Gasteiger partial charge in [-0.25, -0.2) is 0 Å². The molecular formula is C16H27N. The van der Waals surface area contributed by atoms with Gasteiger partial charge in [0.05, 0.1) is 0 Å². The Labute approximate surface area is 107 Å². The highest BCUT2D eigenvalue weighted by Gasteiger charge is 2.19. The zero-order valence-corrected chi connectivity index (χ0v) is 12.4. The lowest BCUT2D eigenvalue weighted by Gasteiger charge is -2.26. The molecule has 0 N–H and O–H groups in total. The van der Waals surface area contributed by atoms with Crippen molar-refractivity contribution in [3.05, 3.63) is 28.6 Å². The number of rotatable bonds is 5. The maximum absolute atomic E-state index is 4.58. The maximum atomic E-state index is 4.58. The molecule has 0 spiro atoms. The molecule has 0 aliphatic carbocycles. The highest BCUT2D eigenvalue weighted by atomic mass is 14.7. The smallest absolute Gasteiger partial charge is 0.0410 e. The number of pyridine rings is 1. The van der Waals surface area contributed by atoms with Crippen molar-refractivity contribution in [3.63, 3.8) is 0 Å². The fraction of sp³-hybridized carbons (Fsp3) is 0.688. The van der Waals surface area contributed by atoms with Crippen LogP contribution in [-0.2, 0) is 12.8 Å². The van der Waals surface area contributed by atoms with E-state index in [1.807, 2.05) is 0 Å². The van der Waals surface area contributed by atoms with Crippen LogP contribution in [0.25, 0.3) is 0 Å². The molecule has 1 aromatic rings. The summed E-state index contributed by atoms with van der Waals surface area (Å²) >= 11 is 0. The molecular weight excluding hydrogens is 206 g/mol. The van der Waals surface area contributed by atoms with Crippen molar-refractivity contribution in [1.29, 1.82) is 0 Å². The van der Waals surface area contributed by atoms with Crippen molar-refractivity contribution in [3.8, 4) is 0 Å². The van der Waals surface area contributed by atoms with E-state index in [2.05, 4.69) is 52.6 Å². The summed E-state index contributed by atoms with van der Waals surface area (Å²) in [5, 5.41) is 0. The number of hydrogen-bond donors (Lipinski definition) is 0. The average molecular weight is 233 g/mol. The lowest BCUT2D eigenvalue weighted by molar-refractivity contribution is 0.328. The van der Waals surface area contributed by atoms with Crippen molar-refractivity contribution in [2.45, 2.75) is 67.2 Å². The zero-order valence-electron chi connectivity index (χ0n) is 12.4. The van der Waals surface area contributed by atoms with Crippen LogP contribution in [-0.4, -0.2) is 4.98 Å². The summed E-state index contributed by atoms with van der Waals surface area (Å²) in [5.41, 5.74) is 5.74. The summed E-state index contributed by atoms with van der Waals surface area (Å²) in [7, 11) is 0. The largest absolute Gasteiger partial charge is 0.258 e. The molecule has 17 heavy (non-hydrogen) atoms. The van der Waals surface area contributed by atoms with Crippen molar-refractivity contribution in [2.75, 3.05) is 0 Å². The van der Waals surface area contributed by atoms with Gasteiger partial charge in [-0.05, 0) is 55.7 Å². The minimum atomic E-state index is 0.402. The van der Waals surface area contributed by atoms with Crippen LogP contribution in [0.5, 0.6) is 0 Å². The normalized spacial score (nSPS) is 11.9. The molecule has 1 heteroatoms. The first kappa shape index (κ1) is 14.2. The Bertz CT molecular complexity index is 377. The molecule has 0 fully saturated rings. The van der Waals surface area contributed by atoms with Gasteiger partial charge in [0.2, 0.25) is 0 Å². The molecule has 0 saturated carbocycles. The molecule has 1 nitrogen and oxygen atoms in total. The van der Waals surface area contributed by atoms with Crippen molar-refractivity contribution < 1.29 is 0 Å². The van der Waals surface area contributed by atoms with Crippen molar-refractivity contribution in [2.24, 2.45) is 5.41 Å². The third-order valence-corrected chi connectivity index (χ3v) is 3.50. The maximum Gasteiger partial charge on any atom is 0.0410 e. The summed E-state index contributed by atoms with van der Waals surface area (Å²) in [4.78, 5) is 4.58. The van der Waals surface area contributed by atoms with Crippen LogP contribution >= 0.6 is 0 Å². The zero-order chi connectivity index (χ0) is 13.1. The van der Waals surface area contributed by atoms with Gasteiger partial charge < -0.3 is 0 Å². The van der Waals surface area contributed by atoms with Gasteiger partial charge in [0.15, 0.2) is 0 Å². The first-order chi connectivity index (χ1) is 7.89. The van der Waals surface area contributed by atoms with E-state index in [-0.39, 0.29) is 0 Å². The average Bonchev–Trinajstić information content (AvgIpc) is 2.15. The Balaban J connectivity index is 3.04. The van der Waals surface area contributed by atoms with Gasteiger partial charge in [-0.2, -0.15) is 0 Å². The van der Waals surface area contributed by atoms with E-state index < -0.39 is 0 Å². The molecule has 0 unspecified atom stereocenters. The van der Waals surface area contributed by atoms with Gasteiger partial charge in [0.25, 0.3) is 0 Å². The number of nitrogens with zero attached hydrogens (tertiary/aromatic N) is 1. The molecule has 1 aromatic heterocycles. The summed E-state index contributed by atoms with van der Waals surface area (Å²) in [6.45, 7) is 13.5. The third-order valence-electron chi connectivity index (χ3n) is 3.50. The second-order valence-corrected chi connectivity index (χ2v) is 5.93. The van der Waals surface area contributed by atoms with Crippen molar-refractivity contribution in [1.82, 2.24) is 4.98 Å². The van der Waals surface area contributed by atoms with Gasteiger partial charge in [-0.1, -0.05) is 34.1 Å². The Kier molecular flexibility index (Phi) is 4.73. The monoisotopic (exact) mass is 233 g/mol. The van der Waals surface area contributed by atoms with Gasteiger partial charge in [0.1, 0.15) is 0 Å². The molecule has 0 aliphatic heterocycles. The van der Waals surface area contributed by atoms with E-state index in [1.165, 1.54) is 36.1 Å². The molecule has 96 valence electrons. The Morgan fingerprint density at radius 3 is 2.35 bits per heavy atom. The Morgan fingerprint density at radius 2 is 1.82 bits per heavy atom. The molecule has 0 saturated heterocycles. The number of hydrogen-bond acceptors (Lipinski definition) is 1. The van der Waals surface area contributed by atoms with E-state index in [4.69, 9.17) is 0 Å². The Morgan fingerprint density at radius 1 is 1.18 bits per heavy atom. The van der Waals surface area contributed by atoms with Crippen LogP contribution in [0, 0.1) is 19.3 Å². The fourth-order valence-electron chi connectivity index (χ4n) is 2.86. The molecule has 1 heterocycles. The lowest BCUT2D eigenvalue weighted by atomic mass is 9.80. The van der Waals surface area contributed by atoms with Crippen LogP contribution < -0.4 is 0 Å². The van der Waals surface area contributed by atoms with Crippen LogP contribution in [0.4, 0.5) is 0 Å². The predicted molar refractivity (Wildman–Crippen MR) is 75.5 cm³/mol. The lowest BCUT2D eigenvalue weighted by Crippen LogP contribution is -2.16. The van der Waals surface area contributed by atoms with Crippen molar-refractivity contribution >= 4 is 0 Å². The minimum absolute atomic E-state index is 0.402. The van der Waals surface area contributed by atoms with Crippen LogP contribution in [0.2, 0.25) is 0 Å². The topological polar surface area (TPSA) is 12.9 Å².